The van der Waals surface area contributed by atoms with Crippen LogP contribution in [0.3, 0.4) is 0 Å². The summed E-state index contributed by atoms with van der Waals surface area (Å²) in [7, 11) is 1.75. The molecule has 2 aromatic rings. The zero-order valence-electron chi connectivity index (χ0n) is 21.6. The molecule has 0 radical (unpaired) electrons. The van der Waals surface area contributed by atoms with E-state index in [0.717, 1.165) is 31.2 Å². The van der Waals surface area contributed by atoms with Gasteiger partial charge in [0.2, 0.25) is 0 Å². The SMILES string of the molecule is CC.CC.CNCc1ccc(OCc2ccccc2)c(F)c1C(C)=O.O=C(O)C1CCCCC1. The molecule has 0 atom stereocenters. The van der Waals surface area contributed by atoms with Crippen molar-refractivity contribution in [1.29, 1.82) is 0 Å². The average molecular weight is 476 g/mol. The zero-order chi connectivity index (χ0) is 25.9. The second-order valence-electron chi connectivity index (χ2n) is 7.45. The normalized spacial score (nSPS) is 12.6. The number of carboxylic acid groups (broad SMARTS) is 1. The highest BCUT2D eigenvalue weighted by atomic mass is 19.1. The molecule has 0 heterocycles. The Labute approximate surface area is 204 Å². The minimum Gasteiger partial charge on any atom is -0.486 e. The quantitative estimate of drug-likeness (QED) is 0.420. The van der Waals surface area contributed by atoms with Crippen LogP contribution in [0.25, 0.3) is 0 Å². The lowest BCUT2D eigenvalue weighted by Crippen LogP contribution is -2.16. The van der Waals surface area contributed by atoms with Gasteiger partial charge in [-0.2, -0.15) is 0 Å². The Morgan fingerprint density at radius 1 is 1.00 bits per heavy atom. The van der Waals surface area contributed by atoms with Gasteiger partial charge < -0.3 is 15.2 Å². The zero-order valence-corrected chi connectivity index (χ0v) is 21.6. The first-order valence-corrected chi connectivity index (χ1v) is 12.3. The van der Waals surface area contributed by atoms with Gasteiger partial charge in [-0.3, -0.25) is 9.59 Å². The number of carboxylic acids is 1. The third-order valence-corrected chi connectivity index (χ3v) is 5.10. The summed E-state index contributed by atoms with van der Waals surface area (Å²) in [5.41, 5.74) is 1.67. The molecular formula is C28H42FNO4. The van der Waals surface area contributed by atoms with Gasteiger partial charge in [0, 0.05) is 6.54 Å². The summed E-state index contributed by atoms with van der Waals surface area (Å²) in [6, 6.07) is 12.8. The van der Waals surface area contributed by atoms with Gasteiger partial charge in [0.1, 0.15) is 6.61 Å². The summed E-state index contributed by atoms with van der Waals surface area (Å²) < 4.78 is 19.9. The van der Waals surface area contributed by atoms with E-state index in [2.05, 4.69) is 5.32 Å². The molecule has 0 aliphatic heterocycles. The number of halogens is 1. The number of ketones is 1. The number of carbonyl (C=O) groups excluding carboxylic acids is 1. The largest absolute Gasteiger partial charge is 0.486 e. The molecular weight excluding hydrogens is 433 g/mol. The lowest BCUT2D eigenvalue weighted by Gasteiger charge is -2.16. The number of aliphatic carboxylic acids is 1. The third kappa shape index (κ3) is 10.9. The van der Waals surface area contributed by atoms with Crippen LogP contribution in [0.1, 0.15) is 88.2 Å². The number of Topliss-reactive ketones (excluding diaryl/α,β-unsaturated/α-hetero) is 1. The fraction of sp³-hybridized carbons (Fsp3) is 0.500. The van der Waals surface area contributed by atoms with Gasteiger partial charge in [-0.05, 0) is 44.0 Å². The number of ether oxygens (including phenoxy) is 1. The van der Waals surface area contributed by atoms with Crippen LogP contribution in [-0.2, 0) is 17.9 Å². The van der Waals surface area contributed by atoms with Gasteiger partial charge in [-0.1, -0.05) is 83.4 Å². The first-order valence-electron chi connectivity index (χ1n) is 12.3. The molecule has 34 heavy (non-hydrogen) atoms. The van der Waals surface area contributed by atoms with Crippen molar-refractivity contribution in [2.75, 3.05) is 7.05 Å². The van der Waals surface area contributed by atoms with E-state index in [1.54, 1.807) is 19.2 Å². The Morgan fingerprint density at radius 3 is 2.06 bits per heavy atom. The van der Waals surface area contributed by atoms with E-state index in [9.17, 15) is 14.0 Å². The van der Waals surface area contributed by atoms with Gasteiger partial charge in [0.15, 0.2) is 17.3 Å². The molecule has 2 N–H and O–H groups in total. The Kier molecular flexibility index (Phi) is 17.2. The van der Waals surface area contributed by atoms with Crippen LogP contribution in [0.4, 0.5) is 4.39 Å². The number of benzene rings is 2. The number of carbonyl (C=O) groups is 2. The lowest BCUT2D eigenvalue weighted by atomic mass is 9.90. The minimum atomic E-state index is -0.602. The summed E-state index contributed by atoms with van der Waals surface area (Å²) in [6.45, 7) is 10.1. The van der Waals surface area contributed by atoms with Crippen molar-refractivity contribution in [3.63, 3.8) is 0 Å². The molecule has 0 aromatic heterocycles. The Hall–Kier alpha value is -2.73. The maximum absolute atomic E-state index is 14.4. The molecule has 0 unspecified atom stereocenters. The minimum absolute atomic E-state index is 0.0289. The van der Waals surface area contributed by atoms with Crippen molar-refractivity contribution in [2.24, 2.45) is 5.92 Å². The van der Waals surface area contributed by atoms with Crippen LogP contribution in [0, 0.1) is 11.7 Å². The molecule has 190 valence electrons. The smallest absolute Gasteiger partial charge is 0.306 e. The number of rotatable bonds is 7. The topological polar surface area (TPSA) is 75.6 Å². The van der Waals surface area contributed by atoms with E-state index in [4.69, 9.17) is 9.84 Å². The van der Waals surface area contributed by atoms with E-state index in [1.807, 2.05) is 58.0 Å². The molecule has 6 heteroatoms. The van der Waals surface area contributed by atoms with Crippen molar-refractivity contribution in [3.8, 4) is 5.75 Å². The van der Waals surface area contributed by atoms with Crippen LogP contribution in [0.2, 0.25) is 0 Å². The van der Waals surface area contributed by atoms with Crippen molar-refractivity contribution >= 4 is 11.8 Å². The van der Waals surface area contributed by atoms with Crippen molar-refractivity contribution in [2.45, 2.75) is 79.9 Å². The first kappa shape index (κ1) is 31.3. The highest BCUT2D eigenvalue weighted by Gasteiger charge is 2.19. The molecule has 1 aliphatic carbocycles. The van der Waals surface area contributed by atoms with Crippen LogP contribution >= 0.6 is 0 Å². The van der Waals surface area contributed by atoms with E-state index in [0.29, 0.717) is 12.1 Å². The van der Waals surface area contributed by atoms with Crippen LogP contribution < -0.4 is 10.1 Å². The molecule has 0 bridgehead atoms. The molecule has 0 amide bonds. The van der Waals surface area contributed by atoms with E-state index < -0.39 is 11.8 Å². The fourth-order valence-electron chi connectivity index (χ4n) is 3.51. The monoisotopic (exact) mass is 475 g/mol. The first-order chi connectivity index (χ1) is 16.4. The molecule has 3 rings (SSSR count). The summed E-state index contributed by atoms with van der Waals surface area (Å²) >= 11 is 0. The molecule has 1 fully saturated rings. The van der Waals surface area contributed by atoms with Crippen LogP contribution in [0.5, 0.6) is 5.75 Å². The van der Waals surface area contributed by atoms with Crippen LogP contribution in [0.15, 0.2) is 42.5 Å². The van der Waals surface area contributed by atoms with Gasteiger partial charge in [0.25, 0.3) is 0 Å². The third-order valence-electron chi connectivity index (χ3n) is 5.10. The lowest BCUT2D eigenvalue weighted by molar-refractivity contribution is -0.142. The van der Waals surface area contributed by atoms with Crippen molar-refractivity contribution < 1.29 is 23.8 Å². The predicted octanol–water partition coefficient (Wildman–Crippen LogP) is 7.03. The molecule has 5 nitrogen and oxygen atoms in total. The standard InChI is InChI=1S/C17H18FNO2.C7H12O2.2C2H6/c1-12(20)16-14(10-19-2)8-9-15(17(16)18)21-11-13-6-4-3-5-7-13;8-7(9)6-4-2-1-3-5-6;2*1-2/h3-9,19H,10-11H2,1-2H3;6H,1-5H2,(H,8,9);2*1-2H3. The van der Waals surface area contributed by atoms with Gasteiger partial charge >= 0.3 is 5.97 Å². The summed E-state index contributed by atoms with van der Waals surface area (Å²) in [4.78, 5) is 22.0. The number of nitrogens with one attached hydrogen (secondary N) is 1. The van der Waals surface area contributed by atoms with Gasteiger partial charge in [-0.25, -0.2) is 4.39 Å². The molecule has 0 spiro atoms. The molecule has 1 saturated carbocycles. The van der Waals surface area contributed by atoms with Gasteiger partial charge in [-0.15, -0.1) is 0 Å². The molecule has 0 saturated heterocycles. The second kappa shape index (κ2) is 18.7. The Morgan fingerprint density at radius 2 is 1.59 bits per heavy atom. The highest BCUT2D eigenvalue weighted by Crippen LogP contribution is 2.26. The highest BCUT2D eigenvalue weighted by molar-refractivity contribution is 5.96. The maximum atomic E-state index is 14.4. The average Bonchev–Trinajstić information content (AvgIpc) is 2.87. The summed E-state index contributed by atoms with van der Waals surface area (Å²) in [6.07, 6.45) is 5.24. The molecule has 2 aromatic carbocycles. The maximum Gasteiger partial charge on any atom is 0.306 e. The van der Waals surface area contributed by atoms with Crippen molar-refractivity contribution in [3.05, 3.63) is 65.0 Å². The van der Waals surface area contributed by atoms with Gasteiger partial charge in [0.05, 0.1) is 11.5 Å². The number of hydrogen-bond acceptors (Lipinski definition) is 4. The Balaban J connectivity index is 0.000000698. The summed E-state index contributed by atoms with van der Waals surface area (Å²) in [5, 5.41) is 11.5. The van der Waals surface area contributed by atoms with E-state index in [-0.39, 0.29) is 29.6 Å². The molecule has 1 aliphatic rings. The second-order valence-corrected chi connectivity index (χ2v) is 7.45. The van der Waals surface area contributed by atoms with Crippen LogP contribution in [-0.4, -0.2) is 23.9 Å². The Bertz CT molecular complexity index is 834. The predicted molar refractivity (Wildman–Crippen MR) is 137 cm³/mol. The van der Waals surface area contributed by atoms with Crippen molar-refractivity contribution in [1.82, 2.24) is 5.32 Å². The van der Waals surface area contributed by atoms with E-state index in [1.165, 1.54) is 13.3 Å². The number of hydrogen-bond donors (Lipinski definition) is 2. The summed E-state index contributed by atoms with van der Waals surface area (Å²) in [5.74, 6) is -1.42. The van der Waals surface area contributed by atoms with E-state index >= 15 is 0 Å². The fourth-order valence-corrected chi connectivity index (χ4v) is 3.51.